The van der Waals surface area contributed by atoms with Gasteiger partial charge in [-0.15, -0.1) is 10.2 Å². The fraction of sp³-hybridized carbons (Fsp3) is 0.318. The van der Waals surface area contributed by atoms with Gasteiger partial charge in [0.1, 0.15) is 0 Å². The third-order valence-electron chi connectivity index (χ3n) is 5.40. The summed E-state index contributed by atoms with van der Waals surface area (Å²) in [6, 6.07) is 14.4. The number of hydrogen-bond donors (Lipinski definition) is 3. The van der Waals surface area contributed by atoms with Gasteiger partial charge in [0.05, 0.1) is 11.6 Å². The van der Waals surface area contributed by atoms with Crippen LogP contribution >= 0.6 is 11.6 Å². The van der Waals surface area contributed by atoms with Crippen LogP contribution in [0.2, 0.25) is 5.02 Å². The molecule has 1 unspecified atom stereocenters. The van der Waals surface area contributed by atoms with Crippen molar-refractivity contribution in [3.8, 4) is 11.4 Å². The van der Waals surface area contributed by atoms with Crippen molar-refractivity contribution >= 4 is 29.1 Å². The molecule has 1 aromatic heterocycles. The molecule has 1 aliphatic rings. The second-order valence-electron chi connectivity index (χ2n) is 7.80. The Morgan fingerprint density at radius 2 is 2.03 bits per heavy atom. The molecular weight excluding hydrogens is 430 g/mol. The zero-order valence-electron chi connectivity index (χ0n) is 17.4. The van der Waals surface area contributed by atoms with Crippen LogP contribution in [-0.4, -0.2) is 63.5 Å². The maximum Gasteiger partial charge on any atom is 0.251 e. The van der Waals surface area contributed by atoms with Gasteiger partial charge in [0.15, 0.2) is 0 Å². The molecule has 1 atom stereocenters. The number of nitrogens with zero attached hydrogens (tertiary/aromatic N) is 4. The molecular formula is C22H24ClN7O2. The number of halogens is 1. The lowest BCUT2D eigenvalue weighted by Crippen LogP contribution is -2.43. The minimum atomic E-state index is -0.109. The number of carbonyl (C=O) groups is 2. The summed E-state index contributed by atoms with van der Waals surface area (Å²) in [4.78, 5) is 26.9. The van der Waals surface area contributed by atoms with Crippen LogP contribution in [0.3, 0.4) is 0 Å². The fourth-order valence-electron chi connectivity index (χ4n) is 3.84. The zero-order chi connectivity index (χ0) is 22.3. The summed E-state index contributed by atoms with van der Waals surface area (Å²) in [5.74, 6) is 0.531. The Balaban J connectivity index is 1.26. The summed E-state index contributed by atoms with van der Waals surface area (Å²) in [7, 11) is 0. The van der Waals surface area contributed by atoms with E-state index in [0.717, 1.165) is 25.9 Å². The molecule has 10 heteroatoms. The predicted molar refractivity (Wildman–Crippen MR) is 121 cm³/mol. The van der Waals surface area contributed by atoms with E-state index in [2.05, 4.69) is 36.2 Å². The van der Waals surface area contributed by atoms with Crippen LogP contribution in [0.5, 0.6) is 0 Å². The third-order valence-corrected chi connectivity index (χ3v) is 5.71. The van der Waals surface area contributed by atoms with Crippen LogP contribution in [-0.2, 0) is 4.79 Å². The molecule has 0 spiro atoms. The number of nitrogens with one attached hydrogen (secondary N) is 3. The van der Waals surface area contributed by atoms with Gasteiger partial charge in [-0.25, -0.2) is 0 Å². The van der Waals surface area contributed by atoms with E-state index in [1.54, 1.807) is 30.3 Å². The minimum absolute atomic E-state index is 0.0680. The smallest absolute Gasteiger partial charge is 0.251 e. The van der Waals surface area contributed by atoms with E-state index in [9.17, 15) is 9.59 Å². The van der Waals surface area contributed by atoms with E-state index in [1.165, 1.54) is 0 Å². The number of carbonyl (C=O) groups excluding carboxylic acids is 2. The van der Waals surface area contributed by atoms with Crippen molar-refractivity contribution in [2.45, 2.75) is 12.8 Å². The molecule has 3 aromatic rings. The molecule has 0 radical (unpaired) electrons. The topological polar surface area (TPSA) is 116 Å². The number of amides is 2. The molecule has 166 valence electrons. The van der Waals surface area contributed by atoms with Crippen LogP contribution in [0, 0.1) is 5.92 Å². The van der Waals surface area contributed by atoms with E-state index in [-0.39, 0.29) is 18.4 Å². The van der Waals surface area contributed by atoms with Gasteiger partial charge in [-0.1, -0.05) is 29.8 Å². The molecule has 2 aromatic carbocycles. The molecule has 4 rings (SSSR count). The van der Waals surface area contributed by atoms with Crippen LogP contribution in [0.25, 0.3) is 11.4 Å². The van der Waals surface area contributed by atoms with E-state index in [1.807, 2.05) is 18.2 Å². The van der Waals surface area contributed by atoms with Gasteiger partial charge < -0.3 is 10.6 Å². The number of H-pyrrole nitrogens is 1. The normalized spacial score (nSPS) is 16.5. The molecule has 32 heavy (non-hydrogen) atoms. The summed E-state index contributed by atoms with van der Waals surface area (Å²) in [6.45, 7) is 2.50. The Morgan fingerprint density at radius 3 is 2.78 bits per heavy atom. The lowest BCUT2D eigenvalue weighted by Gasteiger charge is -2.32. The quantitative estimate of drug-likeness (QED) is 0.506. The number of aromatic amines is 1. The lowest BCUT2D eigenvalue weighted by molar-refractivity contribution is -0.117. The Kier molecular flexibility index (Phi) is 7.08. The number of rotatable bonds is 7. The van der Waals surface area contributed by atoms with Crippen molar-refractivity contribution in [1.29, 1.82) is 0 Å². The maximum absolute atomic E-state index is 12.6. The van der Waals surface area contributed by atoms with Gasteiger partial charge in [-0.2, -0.15) is 5.21 Å². The van der Waals surface area contributed by atoms with Crippen molar-refractivity contribution in [3.05, 3.63) is 59.1 Å². The molecule has 0 saturated carbocycles. The van der Waals surface area contributed by atoms with Crippen molar-refractivity contribution < 1.29 is 9.59 Å². The Bertz CT molecular complexity index is 1060. The zero-order valence-corrected chi connectivity index (χ0v) is 18.2. The highest BCUT2D eigenvalue weighted by molar-refractivity contribution is 6.33. The van der Waals surface area contributed by atoms with E-state index < -0.39 is 0 Å². The number of tetrazole rings is 1. The summed E-state index contributed by atoms with van der Waals surface area (Å²) in [6.07, 6.45) is 2.02. The van der Waals surface area contributed by atoms with Crippen molar-refractivity contribution in [1.82, 2.24) is 30.8 Å². The summed E-state index contributed by atoms with van der Waals surface area (Å²) in [5, 5.41) is 20.1. The SMILES string of the molecule is O=C(CN1CCCC(CNC(=O)c2ccccc2)C1)Nc1ccc(-c2nn[nH]n2)c(Cl)c1. The summed E-state index contributed by atoms with van der Waals surface area (Å²) < 4.78 is 0. The largest absolute Gasteiger partial charge is 0.352 e. The molecule has 2 heterocycles. The fourth-order valence-corrected chi connectivity index (χ4v) is 4.11. The molecule has 1 fully saturated rings. The highest BCUT2D eigenvalue weighted by atomic mass is 35.5. The number of hydrogen-bond acceptors (Lipinski definition) is 6. The van der Waals surface area contributed by atoms with Gasteiger partial charge in [0.2, 0.25) is 11.7 Å². The van der Waals surface area contributed by atoms with Gasteiger partial charge >= 0.3 is 0 Å². The standard InChI is InChI=1S/C22H24ClN7O2/c23-19-11-17(8-9-18(19)21-26-28-29-27-21)25-20(31)14-30-10-4-5-15(13-30)12-24-22(32)16-6-2-1-3-7-16/h1-3,6-9,11,15H,4-5,10,12-14H2,(H,24,32)(H,25,31)(H,26,27,28,29). The third kappa shape index (κ3) is 5.68. The van der Waals surface area contributed by atoms with Gasteiger partial charge in [-0.3, -0.25) is 14.5 Å². The number of piperidine rings is 1. The highest BCUT2D eigenvalue weighted by Gasteiger charge is 2.22. The number of benzene rings is 2. The monoisotopic (exact) mass is 453 g/mol. The molecule has 1 aliphatic heterocycles. The van der Waals surface area contributed by atoms with E-state index in [0.29, 0.717) is 40.1 Å². The first-order valence-electron chi connectivity index (χ1n) is 10.5. The lowest BCUT2D eigenvalue weighted by atomic mass is 9.98. The van der Waals surface area contributed by atoms with Crippen molar-refractivity contribution in [2.24, 2.45) is 5.92 Å². The van der Waals surface area contributed by atoms with Crippen LogP contribution < -0.4 is 10.6 Å². The first kappa shape index (κ1) is 21.9. The van der Waals surface area contributed by atoms with Crippen LogP contribution in [0.1, 0.15) is 23.2 Å². The van der Waals surface area contributed by atoms with Crippen LogP contribution in [0.15, 0.2) is 48.5 Å². The van der Waals surface area contributed by atoms with Crippen molar-refractivity contribution in [2.75, 3.05) is 31.5 Å². The molecule has 1 saturated heterocycles. The Hall–Kier alpha value is -3.30. The maximum atomic E-state index is 12.6. The van der Waals surface area contributed by atoms with Gasteiger partial charge in [0.25, 0.3) is 5.91 Å². The van der Waals surface area contributed by atoms with Gasteiger partial charge in [-0.05, 0) is 60.8 Å². The number of anilines is 1. The number of likely N-dealkylation sites (tertiary alicyclic amines) is 1. The first-order chi connectivity index (χ1) is 15.6. The highest BCUT2D eigenvalue weighted by Crippen LogP contribution is 2.27. The second kappa shape index (κ2) is 10.3. The molecule has 3 N–H and O–H groups in total. The number of aromatic nitrogens is 4. The van der Waals surface area contributed by atoms with Crippen molar-refractivity contribution in [3.63, 3.8) is 0 Å². The average molecular weight is 454 g/mol. The first-order valence-corrected chi connectivity index (χ1v) is 10.8. The summed E-state index contributed by atoms with van der Waals surface area (Å²) in [5.41, 5.74) is 1.90. The average Bonchev–Trinajstić information content (AvgIpc) is 3.33. The van der Waals surface area contributed by atoms with Crippen LogP contribution in [0.4, 0.5) is 5.69 Å². The van der Waals surface area contributed by atoms with E-state index >= 15 is 0 Å². The Labute approximate surface area is 190 Å². The molecule has 0 bridgehead atoms. The minimum Gasteiger partial charge on any atom is -0.352 e. The Morgan fingerprint density at radius 1 is 1.19 bits per heavy atom. The molecule has 9 nitrogen and oxygen atoms in total. The second-order valence-corrected chi connectivity index (χ2v) is 8.20. The molecule has 0 aliphatic carbocycles. The van der Waals surface area contributed by atoms with E-state index in [4.69, 9.17) is 11.6 Å². The summed E-state index contributed by atoms with van der Waals surface area (Å²) >= 11 is 6.30. The predicted octanol–water partition coefficient (Wildman–Crippen LogP) is 2.60. The molecule has 2 amide bonds. The van der Waals surface area contributed by atoms with Gasteiger partial charge in [0, 0.05) is 29.9 Å².